The minimum absolute atomic E-state index is 0.673. The van der Waals surface area contributed by atoms with Crippen molar-refractivity contribution in [3.63, 3.8) is 0 Å². The standard InChI is InChI=1S/C16H21N3/c1-2-16-15-9-18-8-14(15)11-19(16)10-13-6-4-3-5-12(13)7-17/h3-6,14-16,18H,2,8-11H2,1H3. The fourth-order valence-corrected chi connectivity index (χ4v) is 3.84. The normalized spacial score (nSPS) is 30.2. The van der Waals surface area contributed by atoms with Gasteiger partial charge < -0.3 is 5.32 Å². The highest BCUT2D eigenvalue weighted by Gasteiger charge is 2.42. The van der Waals surface area contributed by atoms with Crippen LogP contribution in [0.1, 0.15) is 24.5 Å². The van der Waals surface area contributed by atoms with E-state index in [1.54, 1.807) is 0 Å². The summed E-state index contributed by atoms with van der Waals surface area (Å²) < 4.78 is 0. The Morgan fingerprint density at radius 1 is 1.37 bits per heavy atom. The summed E-state index contributed by atoms with van der Waals surface area (Å²) >= 11 is 0. The van der Waals surface area contributed by atoms with Crippen LogP contribution in [0.15, 0.2) is 24.3 Å². The van der Waals surface area contributed by atoms with Crippen LogP contribution >= 0.6 is 0 Å². The average Bonchev–Trinajstić information content (AvgIpc) is 2.99. The van der Waals surface area contributed by atoms with Crippen LogP contribution in [-0.4, -0.2) is 30.6 Å². The Morgan fingerprint density at radius 2 is 2.21 bits per heavy atom. The van der Waals surface area contributed by atoms with Crippen LogP contribution in [0, 0.1) is 23.2 Å². The first kappa shape index (κ1) is 12.7. The molecule has 3 rings (SSSR count). The Hall–Kier alpha value is -1.37. The number of likely N-dealkylation sites (tertiary alicyclic amines) is 1. The Balaban J connectivity index is 1.78. The molecule has 0 aliphatic carbocycles. The Bertz CT molecular complexity index is 491. The quantitative estimate of drug-likeness (QED) is 0.897. The van der Waals surface area contributed by atoms with Crippen molar-refractivity contribution >= 4 is 0 Å². The first-order valence-electron chi connectivity index (χ1n) is 7.26. The second kappa shape index (κ2) is 5.32. The van der Waals surface area contributed by atoms with Gasteiger partial charge in [0.1, 0.15) is 0 Å². The summed E-state index contributed by atoms with van der Waals surface area (Å²) in [4.78, 5) is 2.59. The van der Waals surface area contributed by atoms with Gasteiger partial charge in [0.05, 0.1) is 11.6 Å². The van der Waals surface area contributed by atoms with E-state index < -0.39 is 0 Å². The lowest BCUT2D eigenvalue weighted by atomic mass is 9.93. The number of nitrogens with zero attached hydrogens (tertiary/aromatic N) is 2. The van der Waals surface area contributed by atoms with Crippen LogP contribution in [-0.2, 0) is 6.54 Å². The van der Waals surface area contributed by atoms with Gasteiger partial charge in [-0.3, -0.25) is 4.90 Å². The number of rotatable bonds is 3. The molecule has 2 aliphatic rings. The lowest BCUT2D eigenvalue weighted by Crippen LogP contribution is -2.34. The maximum absolute atomic E-state index is 9.20. The van der Waals surface area contributed by atoms with Crippen LogP contribution in [0.5, 0.6) is 0 Å². The lowest BCUT2D eigenvalue weighted by molar-refractivity contribution is 0.210. The van der Waals surface area contributed by atoms with E-state index in [0.29, 0.717) is 6.04 Å². The average molecular weight is 255 g/mol. The van der Waals surface area contributed by atoms with Crippen molar-refractivity contribution in [3.8, 4) is 6.07 Å². The molecule has 2 aliphatic heterocycles. The number of hydrogen-bond donors (Lipinski definition) is 1. The summed E-state index contributed by atoms with van der Waals surface area (Å²) in [6.07, 6.45) is 1.21. The number of nitrogens with one attached hydrogen (secondary N) is 1. The molecule has 2 fully saturated rings. The van der Waals surface area contributed by atoms with Crippen molar-refractivity contribution in [2.75, 3.05) is 19.6 Å². The Morgan fingerprint density at radius 3 is 3.00 bits per heavy atom. The molecular weight excluding hydrogens is 234 g/mol. The van der Waals surface area contributed by atoms with E-state index in [2.05, 4.69) is 29.3 Å². The van der Waals surface area contributed by atoms with Crippen molar-refractivity contribution in [1.82, 2.24) is 10.2 Å². The highest BCUT2D eigenvalue weighted by molar-refractivity contribution is 5.37. The first-order valence-corrected chi connectivity index (χ1v) is 7.26. The predicted molar refractivity (Wildman–Crippen MR) is 75.5 cm³/mol. The summed E-state index contributed by atoms with van der Waals surface area (Å²) in [7, 11) is 0. The van der Waals surface area contributed by atoms with Gasteiger partial charge in [-0.15, -0.1) is 0 Å². The van der Waals surface area contributed by atoms with Crippen molar-refractivity contribution in [3.05, 3.63) is 35.4 Å². The summed E-state index contributed by atoms with van der Waals surface area (Å²) in [5.74, 6) is 1.61. The zero-order chi connectivity index (χ0) is 13.2. The van der Waals surface area contributed by atoms with Crippen LogP contribution in [0.2, 0.25) is 0 Å². The third-order valence-corrected chi connectivity index (χ3v) is 4.75. The van der Waals surface area contributed by atoms with E-state index in [1.807, 2.05) is 18.2 Å². The molecule has 2 heterocycles. The van der Waals surface area contributed by atoms with Gasteiger partial charge in [0.25, 0.3) is 0 Å². The van der Waals surface area contributed by atoms with E-state index >= 15 is 0 Å². The van der Waals surface area contributed by atoms with Crippen molar-refractivity contribution in [1.29, 1.82) is 5.26 Å². The molecule has 3 heteroatoms. The smallest absolute Gasteiger partial charge is 0.0995 e. The molecule has 3 nitrogen and oxygen atoms in total. The molecule has 0 aromatic heterocycles. The van der Waals surface area contributed by atoms with Crippen LogP contribution in [0.3, 0.4) is 0 Å². The van der Waals surface area contributed by atoms with E-state index in [4.69, 9.17) is 0 Å². The molecule has 1 aromatic carbocycles. The molecule has 0 radical (unpaired) electrons. The molecule has 2 saturated heterocycles. The number of nitriles is 1. The molecule has 1 N–H and O–H groups in total. The summed E-state index contributed by atoms with van der Waals surface area (Å²) in [6, 6.07) is 11.0. The number of fused-ring (bicyclic) bond motifs is 1. The lowest BCUT2D eigenvalue weighted by Gasteiger charge is -2.27. The topological polar surface area (TPSA) is 39.1 Å². The van der Waals surface area contributed by atoms with Crippen molar-refractivity contribution in [2.45, 2.75) is 25.9 Å². The second-order valence-electron chi connectivity index (χ2n) is 5.76. The van der Waals surface area contributed by atoms with Gasteiger partial charge in [-0.1, -0.05) is 25.1 Å². The summed E-state index contributed by atoms with van der Waals surface area (Å²) in [6.45, 7) is 6.72. The van der Waals surface area contributed by atoms with E-state index in [0.717, 1.165) is 30.5 Å². The van der Waals surface area contributed by atoms with Gasteiger partial charge in [0.15, 0.2) is 0 Å². The SMILES string of the molecule is CCC1C2CNCC2CN1Cc1ccccc1C#N. The highest BCUT2D eigenvalue weighted by atomic mass is 15.2. The van der Waals surface area contributed by atoms with E-state index in [9.17, 15) is 5.26 Å². The van der Waals surface area contributed by atoms with Crippen LogP contribution in [0.4, 0.5) is 0 Å². The maximum atomic E-state index is 9.20. The molecule has 0 saturated carbocycles. The monoisotopic (exact) mass is 255 g/mol. The minimum atomic E-state index is 0.673. The van der Waals surface area contributed by atoms with E-state index in [-0.39, 0.29) is 0 Å². The van der Waals surface area contributed by atoms with Gasteiger partial charge in [-0.25, -0.2) is 0 Å². The minimum Gasteiger partial charge on any atom is -0.316 e. The number of hydrogen-bond acceptors (Lipinski definition) is 3. The third kappa shape index (κ3) is 2.27. The molecule has 3 atom stereocenters. The maximum Gasteiger partial charge on any atom is 0.0995 e. The fraction of sp³-hybridized carbons (Fsp3) is 0.562. The molecule has 0 bridgehead atoms. The molecule has 100 valence electrons. The number of benzene rings is 1. The second-order valence-corrected chi connectivity index (χ2v) is 5.76. The highest BCUT2D eigenvalue weighted by Crippen LogP contribution is 2.35. The Labute approximate surface area is 115 Å². The van der Waals surface area contributed by atoms with Gasteiger partial charge in [-0.05, 0) is 43.0 Å². The largest absolute Gasteiger partial charge is 0.316 e. The summed E-state index contributed by atoms with van der Waals surface area (Å²) in [5.41, 5.74) is 2.00. The molecule has 0 amide bonds. The Kier molecular flexibility index (Phi) is 3.54. The van der Waals surface area contributed by atoms with Crippen LogP contribution < -0.4 is 5.32 Å². The van der Waals surface area contributed by atoms with Gasteiger partial charge in [0.2, 0.25) is 0 Å². The molecule has 0 spiro atoms. The predicted octanol–water partition coefficient (Wildman–Crippen LogP) is 1.99. The van der Waals surface area contributed by atoms with Crippen LogP contribution in [0.25, 0.3) is 0 Å². The zero-order valence-corrected chi connectivity index (χ0v) is 11.5. The van der Waals surface area contributed by atoms with Crippen molar-refractivity contribution in [2.24, 2.45) is 11.8 Å². The molecular formula is C16H21N3. The fourth-order valence-electron chi connectivity index (χ4n) is 3.84. The molecule has 3 unspecified atom stereocenters. The van der Waals surface area contributed by atoms with Gasteiger partial charge >= 0.3 is 0 Å². The van der Waals surface area contributed by atoms with Crippen molar-refractivity contribution < 1.29 is 0 Å². The molecule has 19 heavy (non-hydrogen) atoms. The van der Waals surface area contributed by atoms with E-state index in [1.165, 1.54) is 25.1 Å². The third-order valence-electron chi connectivity index (χ3n) is 4.75. The van der Waals surface area contributed by atoms with Gasteiger partial charge in [0, 0.05) is 19.1 Å². The molecule has 1 aromatic rings. The summed E-state index contributed by atoms with van der Waals surface area (Å²) in [5, 5.41) is 12.7. The van der Waals surface area contributed by atoms with Gasteiger partial charge in [-0.2, -0.15) is 5.26 Å². The zero-order valence-electron chi connectivity index (χ0n) is 11.5. The first-order chi connectivity index (χ1) is 9.33.